The number of halogens is 1. The van der Waals surface area contributed by atoms with E-state index in [1.165, 1.54) is 74.1 Å². The van der Waals surface area contributed by atoms with Crippen LogP contribution in [0.25, 0.3) is 10.8 Å². The van der Waals surface area contributed by atoms with E-state index < -0.39 is 0 Å². The summed E-state index contributed by atoms with van der Waals surface area (Å²) in [5.74, 6) is 1.99. The third-order valence-electron chi connectivity index (χ3n) is 5.51. The zero-order chi connectivity index (χ0) is 20.7. The van der Waals surface area contributed by atoms with Crippen molar-refractivity contribution in [2.75, 3.05) is 18.5 Å². The molecular weight excluding hydrogens is 424 g/mol. The number of unbranched alkanes of at least 4 members (excludes halogenated alkanes) is 9. The predicted octanol–water partition coefficient (Wildman–Crippen LogP) is 8.61. The molecule has 2 nitrogen and oxygen atoms in total. The van der Waals surface area contributed by atoms with Crippen molar-refractivity contribution in [1.82, 2.24) is 0 Å². The number of aryl methyl sites for hydroxylation is 1. The average molecular weight is 464 g/mol. The van der Waals surface area contributed by atoms with E-state index in [0.717, 1.165) is 42.9 Å². The first-order valence-electron chi connectivity index (χ1n) is 11.6. The van der Waals surface area contributed by atoms with Crippen LogP contribution in [0.15, 0.2) is 30.3 Å². The van der Waals surface area contributed by atoms with Gasteiger partial charge in [-0.3, -0.25) is 0 Å². The van der Waals surface area contributed by atoms with Gasteiger partial charge in [0.1, 0.15) is 11.5 Å². The fourth-order valence-electron chi connectivity index (χ4n) is 3.67. The molecule has 0 amide bonds. The molecule has 0 aliphatic rings. The molecule has 0 unspecified atom stereocenters. The van der Waals surface area contributed by atoms with E-state index in [9.17, 15) is 0 Å². The Kier molecular flexibility index (Phi) is 12.2. The molecule has 0 spiro atoms. The van der Waals surface area contributed by atoms with Crippen molar-refractivity contribution in [1.29, 1.82) is 0 Å². The number of ether oxygens (including phenoxy) is 2. The van der Waals surface area contributed by atoms with Gasteiger partial charge in [0.25, 0.3) is 0 Å². The van der Waals surface area contributed by atoms with Gasteiger partial charge in [0.15, 0.2) is 0 Å². The van der Waals surface area contributed by atoms with Crippen molar-refractivity contribution < 1.29 is 9.47 Å². The number of rotatable bonds is 16. The summed E-state index contributed by atoms with van der Waals surface area (Å²) in [7, 11) is 0. The maximum absolute atomic E-state index is 6.08. The highest BCUT2D eigenvalue weighted by atomic mass is 79.9. The quantitative estimate of drug-likeness (QED) is 0.183. The smallest absolute Gasteiger partial charge is 0.122 e. The Bertz CT molecular complexity index is 698. The summed E-state index contributed by atoms with van der Waals surface area (Å²) < 4.78 is 12.0. The highest BCUT2D eigenvalue weighted by molar-refractivity contribution is 9.09. The third kappa shape index (κ3) is 8.99. The molecule has 0 radical (unpaired) electrons. The van der Waals surface area contributed by atoms with Gasteiger partial charge in [-0.2, -0.15) is 0 Å². The fraction of sp³-hybridized carbons (Fsp3) is 0.615. The molecule has 0 atom stereocenters. The zero-order valence-electron chi connectivity index (χ0n) is 18.5. The van der Waals surface area contributed by atoms with Gasteiger partial charge in [-0.25, -0.2) is 0 Å². The lowest BCUT2D eigenvalue weighted by atomic mass is 10.0. The number of fused-ring (bicyclic) bond motifs is 1. The Hall–Kier alpha value is -1.22. The van der Waals surface area contributed by atoms with Crippen LogP contribution in [0.2, 0.25) is 0 Å². The van der Waals surface area contributed by atoms with Crippen LogP contribution < -0.4 is 9.47 Å². The maximum Gasteiger partial charge on any atom is 0.122 e. The second-order valence-corrected chi connectivity index (χ2v) is 8.79. The molecular formula is C26H39BrO2. The molecule has 2 rings (SSSR count). The SMILES string of the molecule is CCCCCCCOc1ccc2c(C)c(OCCCCCCCCBr)ccc2c1. The normalized spacial score (nSPS) is 11.1. The molecule has 2 aromatic rings. The highest BCUT2D eigenvalue weighted by Crippen LogP contribution is 2.30. The first-order chi connectivity index (χ1) is 14.3. The van der Waals surface area contributed by atoms with Crippen LogP contribution in [-0.2, 0) is 0 Å². The summed E-state index contributed by atoms with van der Waals surface area (Å²) in [4.78, 5) is 0. The molecule has 0 saturated carbocycles. The summed E-state index contributed by atoms with van der Waals surface area (Å²) in [6, 6.07) is 10.7. The lowest BCUT2D eigenvalue weighted by Gasteiger charge is -2.13. The van der Waals surface area contributed by atoms with Crippen molar-refractivity contribution in [2.24, 2.45) is 0 Å². The zero-order valence-corrected chi connectivity index (χ0v) is 20.1. The number of hydrogen-bond donors (Lipinski definition) is 0. The Morgan fingerprint density at radius 2 is 1.38 bits per heavy atom. The molecule has 0 saturated heterocycles. The summed E-state index contributed by atoms with van der Waals surface area (Å²) in [5, 5.41) is 3.61. The lowest BCUT2D eigenvalue weighted by Crippen LogP contribution is -2.00. The molecule has 29 heavy (non-hydrogen) atoms. The standard InChI is InChI=1S/C26H39BrO2/c1-3-4-5-9-12-19-28-24-15-16-25-22(2)26(17-14-23(25)21-24)29-20-13-10-7-6-8-11-18-27/h14-17,21H,3-13,18-20H2,1-2H3. The van der Waals surface area contributed by atoms with Gasteiger partial charge >= 0.3 is 0 Å². The van der Waals surface area contributed by atoms with Crippen LogP contribution in [0.4, 0.5) is 0 Å². The summed E-state index contributed by atoms with van der Waals surface area (Å²) >= 11 is 3.49. The molecule has 0 N–H and O–H groups in total. The van der Waals surface area contributed by atoms with E-state index >= 15 is 0 Å². The van der Waals surface area contributed by atoms with Crippen LogP contribution in [0.1, 0.15) is 83.1 Å². The van der Waals surface area contributed by atoms with Gasteiger partial charge in [-0.05, 0) is 60.7 Å². The lowest BCUT2D eigenvalue weighted by molar-refractivity contribution is 0.302. The topological polar surface area (TPSA) is 18.5 Å². The van der Waals surface area contributed by atoms with E-state index in [1.807, 2.05) is 0 Å². The Labute approximate surface area is 186 Å². The van der Waals surface area contributed by atoms with E-state index in [0.29, 0.717) is 0 Å². The minimum atomic E-state index is 0.810. The Balaban J connectivity index is 1.77. The van der Waals surface area contributed by atoms with Gasteiger partial charge in [0, 0.05) is 5.33 Å². The minimum absolute atomic E-state index is 0.810. The first-order valence-corrected chi connectivity index (χ1v) is 12.7. The van der Waals surface area contributed by atoms with Crippen LogP contribution in [0, 0.1) is 6.92 Å². The maximum atomic E-state index is 6.08. The number of alkyl halides is 1. The van der Waals surface area contributed by atoms with Gasteiger partial charge in [-0.15, -0.1) is 0 Å². The van der Waals surface area contributed by atoms with Crippen molar-refractivity contribution in [3.8, 4) is 11.5 Å². The Morgan fingerprint density at radius 1 is 0.724 bits per heavy atom. The van der Waals surface area contributed by atoms with E-state index in [-0.39, 0.29) is 0 Å². The van der Waals surface area contributed by atoms with E-state index in [4.69, 9.17) is 9.47 Å². The van der Waals surface area contributed by atoms with Crippen molar-refractivity contribution in [3.63, 3.8) is 0 Å². The molecule has 0 aliphatic heterocycles. The molecule has 0 fully saturated rings. The number of hydrogen-bond acceptors (Lipinski definition) is 2. The molecule has 2 aromatic carbocycles. The third-order valence-corrected chi connectivity index (χ3v) is 6.07. The molecule has 0 aromatic heterocycles. The first kappa shape index (κ1) is 24.1. The Morgan fingerprint density at radius 3 is 2.10 bits per heavy atom. The molecule has 162 valence electrons. The van der Waals surface area contributed by atoms with Crippen molar-refractivity contribution >= 4 is 26.7 Å². The molecule has 0 bridgehead atoms. The summed E-state index contributed by atoms with van der Waals surface area (Å²) in [6.07, 6.45) is 14.0. The molecule has 0 heterocycles. The number of benzene rings is 2. The molecule has 3 heteroatoms. The van der Waals surface area contributed by atoms with Gasteiger partial charge in [-0.1, -0.05) is 86.4 Å². The van der Waals surface area contributed by atoms with Gasteiger partial charge < -0.3 is 9.47 Å². The predicted molar refractivity (Wildman–Crippen MR) is 130 cm³/mol. The van der Waals surface area contributed by atoms with Crippen LogP contribution >= 0.6 is 15.9 Å². The fourth-order valence-corrected chi connectivity index (χ4v) is 4.07. The molecule has 0 aliphatic carbocycles. The summed E-state index contributed by atoms with van der Waals surface area (Å²) in [5.41, 5.74) is 1.23. The van der Waals surface area contributed by atoms with Crippen LogP contribution in [-0.4, -0.2) is 18.5 Å². The van der Waals surface area contributed by atoms with Crippen molar-refractivity contribution in [2.45, 2.75) is 84.5 Å². The largest absolute Gasteiger partial charge is 0.494 e. The van der Waals surface area contributed by atoms with Gasteiger partial charge in [0.05, 0.1) is 13.2 Å². The average Bonchev–Trinajstić information content (AvgIpc) is 2.74. The monoisotopic (exact) mass is 462 g/mol. The van der Waals surface area contributed by atoms with E-state index in [2.05, 4.69) is 60.1 Å². The van der Waals surface area contributed by atoms with Gasteiger partial charge in [0.2, 0.25) is 0 Å². The second-order valence-electron chi connectivity index (χ2n) is 7.99. The van der Waals surface area contributed by atoms with Crippen LogP contribution in [0.3, 0.4) is 0 Å². The minimum Gasteiger partial charge on any atom is -0.494 e. The van der Waals surface area contributed by atoms with Crippen LogP contribution in [0.5, 0.6) is 11.5 Å². The highest BCUT2D eigenvalue weighted by Gasteiger charge is 2.06. The van der Waals surface area contributed by atoms with Crippen molar-refractivity contribution in [3.05, 3.63) is 35.9 Å². The van der Waals surface area contributed by atoms with E-state index in [1.54, 1.807) is 0 Å². The second kappa shape index (κ2) is 14.7. The summed E-state index contributed by atoms with van der Waals surface area (Å²) in [6.45, 7) is 6.03.